The zero-order valence-electron chi connectivity index (χ0n) is 37.3. The first-order valence-electron chi connectivity index (χ1n) is 20.6. The second-order valence-corrected chi connectivity index (χ2v) is 27.4. The maximum Gasteiger partial charge on any atom is 0.338 e. The minimum atomic E-state index is -2.33. The van der Waals surface area contributed by atoms with E-state index in [-0.39, 0.29) is 37.0 Å². The van der Waals surface area contributed by atoms with Gasteiger partial charge in [-0.15, -0.1) is 0 Å². The molecule has 2 unspecified atom stereocenters. The number of carbonyl (C=O) groups excluding carboxylic acids is 1. The molecule has 2 aliphatic rings. The molecule has 2 bridgehead atoms. The van der Waals surface area contributed by atoms with Crippen LogP contribution in [0.5, 0.6) is 0 Å². The average molecular weight is 821 g/mol. The molecule has 324 valence electrons. The number of esters is 1. The summed E-state index contributed by atoms with van der Waals surface area (Å²) in [5.41, 5.74) is -0.430. The van der Waals surface area contributed by atoms with Crippen molar-refractivity contribution >= 4 is 22.6 Å². The van der Waals surface area contributed by atoms with Crippen molar-refractivity contribution < 1.29 is 57.0 Å². The lowest BCUT2D eigenvalue weighted by Crippen LogP contribution is -2.70. The zero-order valence-corrected chi connectivity index (χ0v) is 39.3. The zero-order chi connectivity index (χ0) is 42.0. The Morgan fingerprint density at radius 2 is 1.53 bits per heavy atom. The van der Waals surface area contributed by atoms with Crippen molar-refractivity contribution in [1.82, 2.24) is 0 Å². The number of hydrogen-bond acceptors (Lipinski definition) is 12. The second-order valence-electron chi connectivity index (χ2n) is 17.9. The van der Waals surface area contributed by atoms with E-state index in [4.69, 9.17) is 42.0 Å². The third-order valence-corrected chi connectivity index (χ3v) is 22.3. The summed E-state index contributed by atoms with van der Waals surface area (Å²) in [7, 11) is 1.84. The van der Waals surface area contributed by atoms with Gasteiger partial charge in [0.15, 0.2) is 22.7 Å². The van der Waals surface area contributed by atoms with E-state index in [9.17, 15) is 15.0 Å². The summed E-state index contributed by atoms with van der Waals surface area (Å²) >= 11 is 0. The van der Waals surface area contributed by atoms with Crippen molar-refractivity contribution in [3.05, 3.63) is 11.6 Å². The Morgan fingerprint density at radius 1 is 0.945 bits per heavy atom. The molecule has 55 heavy (non-hydrogen) atoms. The van der Waals surface area contributed by atoms with Gasteiger partial charge in [0.2, 0.25) is 5.79 Å². The van der Waals surface area contributed by atoms with E-state index in [2.05, 4.69) is 67.6 Å². The molecule has 10 atom stereocenters. The topological polar surface area (TPSA) is 141 Å². The van der Waals surface area contributed by atoms with Gasteiger partial charge >= 0.3 is 5.97 Å². The van der Waals surface area contributed by atoms with Gasteiger partial charge in [-0.1, -0.05) is 68.4 Å². The maximum absolute atomic E-state index is 14.3. The van der Waals surface area contributed by atoms with Crippen LogP contribution in [0.4, 0.5) is 0 Å². The molecule has 2 heterocycles. The highest BCUT2D eigenvalue weighted by molar-refractivity contribution is 6.74. The molecule has 0 radical (unpaired) electrons. The summed E-state index contributed by atoms with van der Waals surface area (Å²) in [5, 5.41) is 25.3. The van der Waals surface area contributed by atoms with Gasteiger partial charge in [-0.2, -0.15) is 0 Å². The van der Waals surface area contributed by atoms with Crippen LogP contribution in [0.15, 0.2) is 11.6 Å². The highest BCUT2D eigenvalue weighted by atomic mass is 28.4. The van der Waals surface area contributed by atoms with Crippen LogP contribution in [0, 0.1) is 11.3 Å². The van der Waals surface area contributed by atoms with Gasteiger partial charge in [-0.3, -0.25) is 0 Å². The number of rotatable bonds is 17. The molecule has 0 saturated carbocycles. The van der Waals surface area contributed by atoms with E-state index >= 15 is 0 Å². The maximum atomic E-state index is 14.3. The number of carbonyl (C=O) groups is 1. The van der Waals surface area contributed by atoms with Gasteiger partial charge in [0.05, 0.1) is 30.5 Å². The predicted octanol–water partition coefficient (Wildman–Crippen LogP) is 7.37. The Kier molecular flexibility index (Phi) is 19.7. The molecule has 0 aromatic heterocycles. The smallest absolute Gasteiger partial charge is 0.338 e. The van der Waals surface area contributed by atoms with E-state index < -0.39 is 82.6 Å². The molecule has 0 aromatic rings. The first-order chi connectivity index (χ1) is 25.6. The molecule has 2 rings (SSSR count). The Labute approximate surface area is 335 Å². The van der Waals surface area contributed by atoms with Crippen LogP contribution in [0.1, 0.15) is 101 Å². The number of aliphatic hydroxyl groups excluding tert-OH is 1. The second kappa shape index (κ2) is 21.5. The number of fused-ring (bicyclic) bond motifs is 2. The fourth-order valence-corrected chi connectivity index (χ4v) is 11.4. The number of methoxy groups -OCH3 is 4. The van der Waals surface area contributed by atoms with Crippen LogP contribution in [-0.4, -0.2) is 129 Å². The fraction of sp³-hybridized carbons (Fsp3) is 0.927. The molecular weight excluding hydrogens is 741 g/mol. The van der Waals surface area contributed by atoms with Gasteiger partial charge in [0.25, 0.3) is 0 Å². The molecule has 0 aliphatic carbocycles. The summed E-state index contributed by atoms with van der Waals surface area (Å²) in [6.45, 7) is 25.6. The average Bonchev–Trinajstić information content (AvgIpc) is 3.13. The van der Waals surface area contributed by atoms with Crippen molar-refractivity contribution in [1.29, 1.82) is 0 Å². The number of aliphatic hydroxyl groups is 2. The molecule has 2 saturated heterocycles. The third-order valence-electron chi connectivity index (χ3n) is 13.2. The molecule has 12 nitrogen and oxygen atoms in total. The van der Waals surface area contributed by atoms with Crippen LogP contribution in [0.3, 0.4) is 0 Å². The summed E-state index contributed by atoms with van der Waals surface area (Å²) in [4.78, 5) is 14.3. The highest BCUT2D eigenvalue weighted by Crippen LogP contribution is 2.49. The van der Waals surface area contributed by atoms with Gasteiger partial charge in [-0.25, -0.2) is 4.79 Å². The molecule has 14 heteroatoms. The summed E-state index contributed by atoms with van der Waals surface area (Å²) in [6.07, 6.45) is -2.73. The van der Waals surface area contributed by atoms with Crippen molar-refractivity contribution in [3.8, 4) is 0 Å². The highest BCUT2D eigenvalue weighted by Gasteiger charge is 2.62. The first kappa shape index (κ1) is 50.4. The largest absolute Gasteiger partial charge is 0.456 e. The summed E-state index contributed by atoms with van der Waals surface area (Å²) in [6, 6.07) is 2.55. The van der Waals surface area contributed by atoms with Crippen molar-refractivity contribution in [3.63, 3.8) is 0 Å². The third kappa shape index (κ3) is 12.4. The van der Waals surface area contributed by atoms with Crippen molar-refractivity contribution in [2.24, 2.45) is 11.3 Å². The van der Waals surface area contributed by atoms with Gasteiger partial charge in [-0.05, 0) is 61.1 Å². The van der Waals surface area contributed by atoms with Gasteiger partial charge < -0.3 is 52.2 Å². The molecule has 0 aromatic carbocycles. The lowest BCUT2D eigenvalue weighted by molar-refractivity contribution is -0.376. The SMILES string of the molecule is CCC(/C=C(/C)[C@@H]1C[C@@H](OC)C[C@H](O)C(C)(C)C2(O)O[C@@H](C[C@@H](OC)[C@H](OCOC)C(=O)O1)C[C@@H](OC)[C@H]2O[Si](CC)(CC)CC)CO[Si](C)(C)C(C)(C)C. The molecular formula is C41H80O12Si2. The fourth-order valence-electron chi connectivity index (χ4n) is 7.52. The van der Waals surface area contributed by atoms with Gasteiger partial charge in [0, 0.05) is 66.1 Å². The standard InChI is InChI=1S/C41H80O12Si2/c1-17-29(26-50-54(15,16)39(6,7)8)21-28(5)32-22-30(46-12)25-35(42)40(9,10)41(44)37(53-55(18-2,19-3)20-4)34(48-14)24-31(52-41)23-33(47-13)36(38(43)51-32)49-27-45-11/h21,29-37,42,44H,17-20,22-27H2,1-16H3/b28-21-/t29?,30-,31+,32+,33-,34-,35+,36+,37-,41?/m1/s1. The monoisotopic (exact) mass is 821 g/mol. The predicted molar refractivity (Wildman–Crippen MR) is 220 cm³/mol. The lowest BCUT2D eigenvalue weighted by atomic mass is 9.70. The Bertz CT molecular complexity index is 1180. The molecule has 0 spiro atoms. The van der Waals surface area contributed by atoms with E-state index in [1.54, 1.807) is 14.2 Å². The minimum Gasteiger partial charge on any atom is -0.456 e. The normalized spacial score (nSPS) is 32.5. The van der Waals surface area contributed by atoms with Gasteiger partial charge in [0.1, 0.15) is 19.0 Å². The summed E-state index contributed by atoms with van der Waals surface area (Å²) in [5.74, 6) is -2.54. The summed E-state index contributed by atoms with van der Waals surface area (Å²) < 4.78 is 56.1. The van der Waals surface area contributed by atoms with Crippen molar-refractivity contribution in [2.75, 3.05) is 41.8 Å². The Hall–Kier alpha value is -0.756. The van der Waals surface area contributed by atoms with E-state index in [0.29, 0.717) is 13.0 Å². The minimum absolute atomic E-state index is 0.0699. The van der Waals surface area contributed by atoms with E-state index in [1.807, 2.05) is 20.8 Å². The van der Waals surface area contributed by atoms with E-state index in [1.165, 1.54) is 14.2 Å². The number of ether oxygens (including phenoxy) is 7. The van der Waals surface area contributed by atoms with Crippen LogP contribution in [0.2, 0.25) is 36.3 Å². The molecule has 2 N–H and O–H groups in total. The van der Waals surface area contributed by atoms with Crippen molar-refractivity contribution in [2.45, 2.75) is 192 Å². The van der Waals surface area contributed by atoms with Crippen LogP contribution in [0.25, 0.3) is 0 Å². The van der Waals surface area contributed by atoms with Crippen LogP contribution >= 0.6 is 0 Å². The van der Waals surface area contributed by atoms with Crippen LogP contribution in [-0.2, 0) is 46.8 Å². The number of cyclic esters (lactones) is 1. The molecule has 2 fully saturated rings. The van der Waals surface area contributed by atoms with E-state index in [0.717, 1.165) is 30.1 Å². The first-order valence-corrected chi connectivity index (χ1v) is 26.0. The molecule has 2 aliphatic heterocycles. The number of hydrogen-bond donors (Lipinski definition) is 2. The lowest BCUT2D eigenvalue weighted by Gasteiger charge is -2.57. The quantitative estimate of drug-likeness (QED) is 0.0656. The Balaban J connectivity index is 2.73. The molecule has 0 amide bonds. The Morgan fingerprint density at radius 3 is 2.02 bits per heavy atom. The van der Waals surface area contributed by atoms with Crippen LogP contribution < -0.4 is 0 Å².